The van der Waals surface area contributed by atoms with Crippen molar-refractivity contribution >= 4 is 33.3 Å². The summed E-state index contributed by atoms with van der Waals surface area (Å²) in [6, 6.07) is 10.4. The molecule has 0 aliphatic rings. The number of benzene rings is 1. The minimum atomic E-state index is -0.493. The lowest BCUT2D eigenvalue weighted by molar-refractivity contribution is -0.384. The van der Waals surface area contributed by atoms with E-state index in [0.717, 1.165) is 10.0 Å². The molecule has 0 bridgehead atoms. The van der Waals surface area contributed by atoms with Gasteiger partial charge in [0.15, 0.2) is 0 Å². The Labute approximate surface area is 123 Å². The molecule has 8 heteroatoms. The average Bonchev–Trinajstić information content (AvgIpc) is 2.45. The smallest absolute Gasteiger partial charge is 0.276 e. The van der Waals surface area contributed by atoms with Crippen LogP contribution < -0.4 is 16.6 Å². The second-order valence-corrected chi connectivity index (χ2v) is 4.90. The molecule has 0 aliphatic heterocycles. The van der Waals surface area contributed by atoms with E-state index in [0.29, 0.717) is 12.4 Å². The summed E-state index contributed by atoms with van der Waals surface area (Å²) >= 11 is 3.38. The van der Waals surface area contributed by atoms with Crippen LogP contribution in [0.4, 0.5) is 17.3 Å². The van der Waals surface area contributed by atoms with Crippen LogP contribution in [0.1, 0.15) is 5.56 Å². The Kier molecular flexibility index (Phi) is 4.49. The van der Waals surface area contributed by atoms with Gasteiger partial charge in [0.05, 0.1) is 17.1 Å². The van der Waals surface area contributed by atoms with Crippen molar-refractivity contribution in [2.75, 3.05) is 10.7 Å². The van der Waals surface area contributed by atoms with Crippen LogP contribution in [0, 0.1) is 10.1 Å². The van der Waals surface area contributed by atoms with E-state index in [-0.39, 0.29) is 11.5 Å². The third kappa shape index (κ3) is 3.65. The summed E-state index contributed by atoms with van der Waals surface area (Å²) in [5.41, 5.74) is 3.25. The highest BCUT2D eigenvalue weighted by Gasteiger charge is 2.10. The van der Waals surface area contributed by atoms with Gasteiger partial charge in [0.1, 0.15) is 11.6 Å². The molecule has 0 atom stereocenters. The number of hydrogen-bond acceptors (Lipinski definition) is 6. The molecule has 20 heavy (non-hydrogen) atoms. The largest absolute Gasteiger partial charge is 0.366 e. The fourth-order valence-corrected chi connectivity index (χ4v) is 2.07. The van der Waals surface area contributed by atoms with Crippen LogP contribution >= 0.6 is 15.9 Å². The SMILES string of the molecule is NNc1cc([N+](=O)[O-])cc(NCc2cccc(Br)c2)n1. The third-order valence-corrected chi connectivity index (χ3v) is 3.02. The first-order valence-electron chi connectivity index (χ1n) is 5.70. The molecule has 0 saturated heterocycles. The van der Waals surface area contributed by atoms with Crippen LogP contribution in [0.5, 0.6) is 0 Å². The number of anilines is 2. The molecule has 0 saturated carbocycles. The Morgan fingerprint density at radius 2 is 2.05 bits per heavy atom. The summed E-state index contributed by atoms with van der Waals surface area (Å²) in [5.74, 6) is 5.86. The predicted molar refractivity (Wildman–Crippen MR) is 80.2 cm³/mol. The highest BCUT2D eigenvalue weighted by Crippen LogP contribution is 2.21. The molecule has 4 N–H and O–H groups in total. The zero-order valence-electron chi connectivity index (χ0n) is 10.3. The van der Waals surface area contributed by atoms with Crippen LogP contribution in [0.3, 0.4) is 0 Å². The zero-order chi connectivity index (χ0) is 14.5. The van der Waals surface area contributed by atoms with E-state index in [4.69, 9.17) is 5.84 Å². The zero-order valence-corrected chi connectivity index (χ0v) is 11.9. The number of hydrogen-bond donors (Lipinski definition) is 3. The number of nitro groups is 1. The van der Waals surface area contributed by atoms with E-state index < -0.39 is 4.92 Å². The molecule has 104 valence electrons. The van der Waals surface area contributed by atoms with Gasteiger partial charge in [-0.25, -0.2) is 10.8 Å². The van der Waals surface area contributed by atoms with Crippen LogP contribution in [0.2, 0.25) is 0 Å². The molecule has 0 unspecified atom stereocenters. The van der Waals surface area contributed by atoms with Gasteiger partial charge in [-0.2, -0.15) is 0 Å². The second kappa shape index (κ2) is 6.31. The lowest BCUT2D eigenvalue weighted by Crippen LogP contribution is -2.10. The van der Waals surface area contributed by atoms with Gasteiger partial charge in [-0.3, -0.25) is 10.1 Å². The van der Waals surface area contributed by atoms with Crippen molar-refractivity contribution in [1.82, 2.24) is 4.98 Å². The number of nitrogens with zero attached hydrogens (tertiary/aromatic N) is 2. The Morgan fingerprint density at radius 3 is 2.70 bits per heavy atom. The normalized spacial score (nSPS) is 10.1. The monoisotopic (exact) mass is 337 g/mol. The number of hydrazine groups is 1. The van der Waals surface area contributed by atoms with Gasteiger partial charge in [0.25, 0.3) is 5.69 Å². The molecule has 1 aromatic carbocycles. The molecular weight excluding hydrogens is 326 g/mol. The number of nitrogens with one attached hydrogen (secondary N) is 2. The fraction of sp³-hybridized carbons (Fsp3) is 0.0833. The summed E-state index contributed by atoms with van der Waals surface area (Å²) < 4.78 is 0.966. The lowest BCUT2D eigenvalue weighted by atomic mass is 10.2. The molecule has 1 heterocycles. The highest BCUT2D eigenvalue weighted by molar-refractivity contribution is 9.10. The molecular formula is C12H12BrN5O2. The van der Waals surface area contributed by atoms with Gasteiger partial charge in [-0.1, -0.05) is 28.1 Å². The minimum absolute atomic E-state index is 0.0790. The predicted octanol–water partition coefficient (Wildman–Crippen LogP) is 2.65. The number of aromatic nitrogens is 1. The maximum atomic E-state index is 10.8. The molecule has 0 amide bonds. The summed E-state index contributed by atoms with van der Waals surface area (Å²) in [6.45, 7) is 0.498. The van der Waals surface area contributed by atoms with E-state index in [1.54, 1.807) is 0 Å². The molecule has 0 radical (unpaired) electrons. The van der Waals surface area contributed by atoms with Crippen molar-refractivity contribution < 1.29 is 4.92 Å². The van der Waals surface area contributed by atoms with Crippen LogP contribution in [-0.2, 0) is 6.54 Å². The van der Waals surface area contributed by atoms with E-state index in [1.807, 2.05) is 24.3 Å². The first kappa shape index (κ1) is 14.2. The van der Waals surface area contributed by atoms with Crippen molar-refractivity contribution in [1.29, 1.82) is 0 Å². The van der Waals surface area contributed by atoms with E-state index in [9.17, 15) is 10.1 Å². The van der Waals surface area contributed by atoms with Gasteiger partial charge in [-0.05, 0) is 17.7 Å². The first-order chi connectivity index (χ1) is 9.58. The molecule has 2 rings (SSSR count). The van der Waals surface area contributed by atoms with E-state index in [1.165, 1.54) is 12.1 Å². The van der Waals surface area contributed by atoms with Gasteiger partial charge < -0.3 is 10.7 Å². The molecule has 7 nitrogen and oxygen atoms in total. The first-order valence-corrected chi connectivity index (χ1v) is 6.49. The molecule has 0 spiro atoms. The topological polar surface area (TPSA) is 106 Å². The quantitative estimate of drug-likeness (QED) is 0.440. The summed E-state index contributed by atoms with van der Waals surface area (Å²) in [4.78, 5) is 14.4. The van der Waals surface area contributed by atoms with Gasteiger partial charge in [-0.15, -0.1) is 0 Å². The number of nitrogen functional groups attached to an aromatic ring is 1. The van der Waals surface area contributed by atoms with Gasteiger partial charge in [0.2, 0.25) is 0 Å². The number of halogens is 1. The summed E-state index contributed by atoms with van der Waals surface area (Å²) in [5, 5.41) is 13.8. The van der Waals surface area contributed by atoms with Crippen molar-refractivity contribution in [3.63, 3.8) is 0 Å². The maximum Gasteiger partial charge on any atom is 0.276 e. The van der Waals surface area contributed by atoms with Crippen molar-refractivity contribution in [3.8, 4) is 0 Å². The average molecular weight is 338 g/mol. The molecule has 2 aromatic rings. The van der Waals surface area contributed by atoms with Gasteiger partial charge >= 0.3 is 0 Å². The molecule has 0 aliphatic carbocycles. The number of rotatable bonds is 5. The van der Waals surface area contributed by atoms with Crippen molar-refractivity contribution in [3.05, 3.63) is 56.5 Å². The third-order valence-electron chi connectivity index (χ3n) is 2.53. The van der Waals surface area contributed by atoms with Crippen LogP contribution in [0.25, 0.3) is 0 Å². The van der Waals surface area contributed by atoms with Crippen molar-refractivity contribution in [2.24, 2.45) is 5.84 Å². The van der Waals surface area contributed by atoms with Crippen LogP contribution in [-0.4, -0.2) is 9.91 Å². The van der Waals surface area contributed by atoms with E-state index >= 15 is 0 Å². The second-order valence-electron chi connectivity index (χ2n) is 3.98. The molecule has 1 aromatic heterocycles. The van der Waals surface area contributed by atoms with Crippen LogP contribution in [0.15, 0.2) is 40.9 Å². The number of pyridine rings is 1. The minimum Gasteiger partial charge on any atom is -0.366 e. The standard InChI is InChI=1S/C12H12BrN5O2/c13-9-3-1-2-8(4-9)7-15-11-5-10(18(19)20)6-12(16-11)17-14/h1-6H,7,14H2,(H2,15,16,17). The Hall–Kier alpha value is -2.19. The molecule has 0 fully saturated rings. The van der Waals surface area contributed by atoms with Crippen molar-refractivity contribution in [2.45, 2.75) is 6.54 Å². The Morgan fingerprint density at radius 1 is 1.30 bits per heavy atom. The summed E-state index contributed by atoms with van der Waals surface area (Å²) in [7, 11) is 0. The van der Waals surface area contributed by atoms with Gasteiger partial charge in [0, 0.05) is 11.0 Å². The van der Waals surface area contributed by atoms with E-state index in [2.05, 4.69) is 31.7 Å². The fourth-order valence-electron chi connectivity index (χ4n) is 1.63. The number of nitrogens with two attached hydrogens (primary N) is 1. The Bertz CT molecular complexity index is 635. The maximum absolute atomic E-state index is 10.8. The Balaban J connectivity index is 2.16. The highest BCUT2D eigenvalue weighted by atomic mass is 79.9. The lowest BCUT2D eigenvalue weighted by Gasteiger charge is -2.08. The summed E-state index contributed by atoms with van der Waals surface area (Å²) in [6.07, 6.45) is 0.